The summed E-state index contributed by atoms with van der Waals surface area (Å²) < 4.78 is 1.78. The lowest BCUT2D eigenvalue weighted by molar-refractivity contribution is -0.118. The van der Waals surface area contributed by atoms with Crippen LogP contribution in [-0.4, -0.2) is 46.4 Å². The first kappa shape index (κ1) is 21.4. The summed E-state index contributed by atoms with van der Waals surface area (Å²) in [6, 6.07) is 15.4. The van der Waals surface area contributed by atoms with E-state index in [2.05, 4.69) is 20.8 Å². The smallest absolute Gasteiger partial charge is 0.230 e. The molecule has 2 N–H and O–H groups in total. The van der Waals surface area contributed by atoms with Crippen molar-refractivity contribution in [3.05, 3.63) is 60.4 Å². The first-order valence-electron chi connectivity index (χ1n) is 9.36. The molecule has 2 aromatic carbocycles. The van der Waals surface area contributed by atoms with Gasteiger partial charge in [-0.1, -0.05) is 30.0 Å². The number of hydrogen-bond donors (Lipinski definition) is 2. The van der Waals surface area contributed by atoms with E-state index >= 15 is 0 Å². The molecule has 0 saturated carbocycles. The molecule has 156 valence electrons. The highest BCUT2D eigenvalue weighted by Gasteiger charge is 2.11. The maximum atomic E-state index is 12.3. The first-order chi connectivity index (χ1) is 14.4. The zero-order valence-corrected chi connectivity index (χ0v) is 17.9. The van der Waals surface area contributed by atoms with Crippen LogP contribution in [0.4, 0.5) is 11.4 Å². The highest BCUT2D eigenvalue weighted by Crippen LogP contribution is 2.21. The summed E-state index contributed by atoms with van der Waals surface area (Å²) in [5.74, 6) is -0.00313. The number of anilines is 2. The number of nitrogens with one attached hydrogen (secondary N) is 2. The summed E-state index contributed by atoms with van der Waals surface area (Å²) in [4.78, 5) is 25.6. The van der Waals surface area contributed by atoms with Gasteiger partial charge in [0.2, 0.25) is 11.8 Å². The molecule has 0 unspecified atom stereocenters. The fourth-order valence-electron chi connectivity index (χ4n) is 2.73. The van der Waals surface area contributed by atoms with Gasteiger partial charge in [0, 0.05) is 38.9 Å². The fourth-order valence-corrected chi connectivity index (χ4v) is 3.49. The zero-order valence-electron chi connectivity index (χ0n) is 17.1. The van der Waals surface area contributed by atoms with Crippen LogP contribution in [0.3, 0.4) is 0 Å². The van der Waals surface area contributed by atoms with E-state index < -0.39 is 0 Å². The van der Waals surface area contributed by atoms with Crippen LogP contribution in [0.2, 0.25) is 0 Å². The molecule has 0 saturated heterocycles. The van der Waals surface area contributed by atoms with E-state index in [4.69, 9.17) is 0 Å². The van der Waals surface area contributed by atoms with Gasteiger partial charge in [0.1, 0.15) is 6.33 Å². The lowest BCUT2D eigenvalue weighted by Crippen LogP contribution is -2.24. The Hall–Kier alpha value is -3.33. The first-order valence-corrected chi connectivity index (χ1v) is 10.3. The number of hydrogen-bond acceptors (Lipinski definition) is 6. The summed E-state index contributed by atoms with van der Waals surface area (Å²) in [7, 11) is 3.98. The molecular weight excluding hydrogens is 400 g/mol. The Morgan fingerprint density at radius 1 is 1.13 bits per heavy atom. The molecule has 1 aromatic heterocycles. The number of carbonyl (C=O) groups is 2. The van der Waals surface area contributed by atoms with E-state index in [-0.39, 0.29) is 17.6 Å². The highest BCUT2D eigenvalue weighted by molar-refractivity contribution is 7.99. The van der Waals surface area contributed by atoms with Gasteiger partial charge in [0.05, 0.1) is 11.4 Å². The predicted octanol–water partition coefficient (Wildman–Crippen LogP) is 2.70. The van der Waals surface area contributed by atoms with Crippen molar-refractivity contribution in [2.45, 2.75) is 18.6 Å². The standard InChI is InChI=1S/C21H24N6O2S/c1-15(28)24-17-5-4-6-19(11-17)27-14-23-25-21(27)30-13-20(29)22-12-16-7-9-18(10-8-16)26(2)3/h4-11,14H,12-13H2,1-3H3,(H,22,29)(H,24,28). The molecule has 0 radical (unpaired) electrons. The lowest BCUT2D eigenvalue weighted by atomic mass is 10.2. The highest BCUT2D eigenvalue weighted by atomic mass is 32.2. The number of amides is 2. The van der Waals surface area contributed by atoms with Crippen molar-refractivity contribution in [1.29, 1.82) is 0 Å². The van der Waals surface area contributed by atoms with Gasteiger partial charge < -0.3 is 15.5 Å². The Bertz CT molecular complexity index is 1020. The average Bonchev–Trinajstić information content (AvgIpc) is 3.19. The maximum absolute atomic E-state index is 12.3. The molecule has 0 atom stereocenters. The number of carbonyl (C=O) groups excluding carboxylic acids is 2. The van der Waals surface area contributed by atoms with E-state index in [1.807, 2.05) is 61.5 Å². The topological polar surface area (TPSA) is 92.1 Å². The van der Waals surface area contributed by atoms with E-state index in [1.165, 1.54) is 18.7 Å². The third-order valence-corrected chi connectivity index (χ3v) is 5.18. The normalized spacial score (nSPS) is 10.5. The Morgan fingerprint density at radius 3 is 2.60 bits per heavy atom. The SMILES string of the molecule is CC(=O)Nc1cccc(-n2cnnc2SCC(=O)NCc2ccc(N(C)C)cc2)c1. The molecule has 0 fully saturated rings. The molecule has 1 heterocycles. The van der Waals surface area contributed by atoms with Crippen molar-refractivity contribution in [2.24, 2.45) is 0 Å². The molecule has 2 amide bonds. The number of nitrogens with zero attached hydrogens (tertiary/aromatic N) is 4. The van der Waals surface area contributed by atoms with Crippen molar-refractivity contribution in [1.82, 2.24) is 20.1 Å². The molecule has 0 bridgehead atoms. The van der Waals surface area contributed by atoms with Crippen LogP contribution in [-0.2, 0) is 16.1 Å². The fraction of sp³-hybridized carbons (Fsp3) is 0.238. The quantitative estimate of drug-likeness (QED) is 0.540. The van der Waals surface area contributed by atoms with Gasteiger partial charge in [0.25, 0.3) is 0 Å². The lowest BCUT2D eigenvalue weighted by Gasteiger charge is -2.13. The van der Waals surface area contributed by atoms with E-state index in [1.54, 1.807) is 17.0 Å². The minimum atomic E-state index is -0.140. The van der Waals surface area contributed by atoms with Crippen LogP contribution in [0.15, 0.2) is 60.0 Å². The van der Waals surface area contributed by atoms with Crippen molar-refractivity contribution in [2.75, 3.05) is 30.1 Å². The second-order valence-electron chi connectivity index (χ2n) is 6.84. The van der Waals surface area contributed by atoms with E-state index in [0.29, 0.717) is 17.4 Å². The van der Waals surface area contributed by atoms with Crippen LogP contribution < -0.4 is 15.5 Å². The van der Waals surface area contributed by atoms with Gasteiger partial charge in [-0.25, -0.2) is 0 Å². The number of aromatic nitrogens is 3. The summed E-state index contributed by atoms with van der Waals surface area (Å²) in [6.07, 6.45) is 1.58. The van der Waals surface area contributed by atoms with Crippen LogP contribution in [0.25, 0.3) is 5.69 Å². The van der Waals surface area contributed by atoms with Gasteiger partial charge in [0.15, 0.2) is 5.16 Å². The molecular formula is C21H24N6O2S. The van der Waals surface area contributed by atoms with Gasteiger partial charge >= 0.3 is 0 Å². The van der Waals surface area contributed by atoms with Gasteiger partial charge in [-0.2, -0.15) is 0 Å². The maximum Gasteiger partial charge on any atom is 0.230 e. The molecule has 3 rings (SSSR count). The average molecular weight is 425 g/mol. The third kappa shape index (κ3) is 5.84. The zero-order chi connectivity index (χ0) is 21.5. The van der Waals surface area contributed by atoms with Gasteiger partial charge in [-0.15, -0.1) is 10.2 Å². The Morgan fingerprint density at radius 2 is 1.90 bits per heavy atom. The Balaban J connectivity index is 1.56. The molecule has 8 nitrogen and oxygen atoms in total. The van der Waals surface area contributed by atoms with Gasteiger partial charge in [-0.3, -0.25) is 14.2 Å². The summed E-state index contributed by atoms with van der Waals surface area (Å²) in [6.45, 7) is 1.93. The Labute approximate surface area is 179 Å². The summed E-state index contributed by atoms with van der Waals surface area (Å²) in [5.41, 5.74) is 3.64. The van der Waals surface area contributed by atoms with E-state index in [9.17, 15) is 9.59 Å². The largest absolute Gasteiger partial charge is 0.378 e. The van der Waals surface area contributed by atoms with Crippen LogP contribution in [0.5, 0.6) is 0 Å². The molecule has 0 aliphatic heterocycles. The third-order valence-electron chi connectivity index (χ3n) is 4.24. The van der Waals surface area contributed by atoms with Crippen LogP contribution in [0.1, 0.15) is 12.5 Å². The summed E-state index contributed by atoms with van der Waals surface area (Å²) >= 11 is 1.30. The second-order valence-corrected chi connectivity index (χ2v) is 7.78. The molecule has 9 heteroatoms. The van der Waals surface area contributed by atoms with Crippen molar-refractivity contribution in [3.63, 3.8) is 0 Å². The second kappa shape index (κ2) is 9.93. The van der Waals surface area contributed by atoms with Crippen molar-refractivity contribution in [3.8, 4) is 5.69 Å². The number of benzene rings is 2. The predicted molar refractivity (Wildman–Crippen MR) is 119 cm³/mol. The molecule has 0 aliphatic carbocycles. The van der Waals surface area contributed by atoms with E-state index in [0.717, 1.165) is 16.9 Å². The molecule has 0 spiro atoms. The van der Waals surface area contributed by atoms with Crippen molar-refractivity contribution < 1.29 is 9.59 Å². The minimum absolute atomic E-state index is 0.0850. The Kier molecular flexibility index (Phi) is 7.08. The monoisotopic (exact) mass is 424 g/mol. The van der Waals surface area contributed by atoms with Gasteiger partial charge in [-0.05, 0) is 35.9 Å². The molecule has 30 heavy (non-hydrogen) atoms. The number of rotatable bonds is 8. The molecule has 3 aromatic rings. The molecule has 0 aliphatic rings. The van der Waals surface area contributed by atoms with Crippen LogP contribution in [0, 0.1) is 0 Å². The van der Waals surface area contributed by atoms with Crippen LogP contribution >= 0.6 is 11.8 Å². The minimum Gasteiger partial charge on any atom is -0.378 e. The number of thioether (sulfide) groups is 1. The summed E-state index contributed by atoms with van der Waals surface area (Å²) in [5, 5.41) is 14.3. The van der Waals surface area contributed by atoms with Crippen molar-refractivity contribution >= 4 is 35.0 Å².